The maximum atomic E-state index is 11.9. The van der Waals surface area contributed by atoms with Gasteiger partial charge in [0.2, 0.25) is 5.91 Å². The normalized spacial score (nSPS) is 28.9. The zero-order chi connectivity index (χ0) is 11.5. The Balaban J connectivity index is 2.52. The van der Waals surface area contributed by atoms with Crippen LogP contribution in [-0.2, 0) is 4.79 Å². The first-order valence-electron chi connectivity index (χ1n) is 5.73. The highest BCUT2D eigenvalue weighted by Crippen LogP contribution is 2.20. The first-order chi connectivity index (χ1) is 6.96. The summed E-state index contributed by atoms with van der Waals surface area (Å²) in [5.41, 5.74) is 5.04. The third-order valence-electron chi connectivity index (χ3n) is 2.90. The van der Waals surface area contributed by atoms with Gasteiger partial charge in [0.1, 0.15) is 0 Å². The van der Waals surface area contributed by atoms with Crippen molar-refractivity contribution in [3.63, 3.8) is 0 Å². The number of piperidine rings is 1. The van der Waals surface area contributed by atoms with Crippen LogP contribution in [0.3, 0.4) is 0 Å². The molecule has 0 saturated carbocycles. The van der Waals surface area contributed by atoms with Crippen LogP contribution in [0.4, 0.5) is 0 Å². The van der Waals surface area contributed by atoms with Gasteiger partial charge < -0.3 is 15.7 Å². The summed E-state index contributed by atoms with van der Waals surface area (Å²) < 4.78 is 0. The average Bonchev–Trinajstić information content (AvgIpc) is 2.15. The molecular formula is C11H22N2O2. The molecule has 0 bridgehead atoms. The Kier molecular flexibility index (Phi) is 4.11. The van der Waals surface area contributed by atoms with E-state index in [1.807, 2.05) is 6.92 Å². The maximum absolute atomic E-state index is 11.9. The maximum Gasteiger partial charge on any atom is 0.239 e. The number of β-amino-alcohol motifs (C(OH)–C–C–N with tert-alkyl or cyclic N) is 1. The highest BCUT2D eigenvalue weighted by Gasteiger charge is 2.32. The SMILES string of the molecule is CCCC(N)C(=O)N1CCCC(C)(O)C1. The Morgan fingerprint density at radius 2 is 2.33 bits per heavy atom. The van der Waals surface area contributed by atoms with E-state index in [1.54, 1.807) is 11.8 Å². The van der Waals surface area contributed by atoms with E-state index < -0.39 is 11.6 Å². The van der Waals surface area contributed by atoms with Crippen LogP contribution in [-0.4, -0.2) is 40.6 Å². The summed E-state index contributed by atoms with van der Waals surface area (Å²) in [4.78, 5) is 13.6. The van der Waals surface area contributed by atoms with Gasteiger partial charge in [-0.05, 0) is 26.2 Å². The molecule has 4 heteroatoms. The second-order valence-electron chi connectivity index (χ2n) is 4.76. The molecule has 1 aliphatic rings. The Morgan fingerprint density at radius 3 is 2.87 bits per heavy atom. The predicted octanol–water partition coefficient (Wildman–Crippen LogP) is 0.487. The zero-order valence-electron chi connectivity index (χ0n) is 9.70. The molecule has 1 aliphatic heterocycles. The second kappa shape index (κ2) is 4.94. The molecule has 0 aromatic carbocycles. The van der Waals surface area contributed by atoms with E-state index in [2.05, 4.69) is 0 Å². The van der Waals surface area contributed by atoms with Crippen molar-refractivity contribution in [3.05, 3.63) is 0 Å². The van der Waals surface area contributed by atoms with Crippen LogP contribution in [0.5, 0.6) is 0 Å². The summed E-state index contributed by atoms with van der Waals surface area (Å²) in [5, 5.41) is 9.87. The Bertz CT molecular complexity index is 229. The van der Waals surface area contributed by atoms with Crippen LogP contribution in [0, 0.1) is 0 Å². The number of rotatable bonds is 3. The number of carbonyl (C=O) groups is 1. The van der Waals surface area contributed by atoms with Crippen molar-refractivity contribution in [2.75, 3.05) is 13.1 Å². The Labute approximate surface area is 91.4 Å². The van der Waals surface area contributed by atoms with E-state index in [0.29, 0.717) is 6.54 Å². The summed E-state index contributed by atoms with van der Waals surface area (Å²) >= 11 is 0. The standard InChI is InChI=1S/C11H22N2O2/c1-3-5-9(12)10(14)13-7-4-6-11(2,15)8-13/h9,15H,3-8,12H2,1-2H3. The lowest BCUT2D eigenvalue weighted by Crippen LogP contribution is -2.53. The van der Waals surface area contributed by atoms with Gasteiger partial charge in [-0.1, -0.05) is 13.3 Å². The predicted molar refractivity (Wildman–Crippen MR) is 59.3 cm³/mol. The molecule has 1 amide bonds. The smallest absolute Gasteiger partial charge is 0.239 e. The molecule has 3 N–H and O–H groups in total. The number of hydrogen-bond acceptors (Lipinski definition) is 3. The fourth-order valence-corrected chi connectivity index (χ4v) is 2.08. The molecule has 1 fully saturated rings. The molecule has 15 heavy (non-hydrogen) atoms. The largest absolute Gasteiger partial charge is 0.388 e. The lowest BCUT2D eigenvalue weighted by Gasteiger charge is -2.37. The third kappa shape index (κ3) is 3.47. The number of hydrogen-bond donors (Lipinski definition) is 2. The quantitative estimate of drug-likeness (QED) is 0.718. The van der Waals surface area contributed by atoms with Gasteiger partial charge in [0, 0.05) is 13.1 Å². The zero-order valence-corrected chi connectivity index (χ0v) is 9.70. The van der Waals surface area contributed by atoms with E-state index in [4.69, 9.17) is 5.73 Å². The van der Waals surface area contributed by atoms with Gasteiger partial charge in [-0.3, -0.25) is 4.79 Å². The molecule has 2 unspecified atom stereocenters. The number of nitrogens with two attached hydrogens (primary N) is 1. The lowest BCUT2D eigenvalue weighted by atomic mass is 9.94. The van der Waals surface area contributed by atoms with E-state index in [0.717, 1.165) is 32.2 Å². The van der Waals surface area contributed by atoms with Crippen molar-refractivity contribution >= 4 is 5.91 Å². The molecule has 0 aromatic heterocycles. The Hall–Kier alpha value is -0.610. The van der Waals surface area contributed by atoms with Crippen molar-refractivity contribution in [3.8, 4) is 0 Å². The highest BCUT2D eigenvalue weighted by molar-refractivity contribution is 5.81. The molecule has 0 spiro atoms. The number of likely N-dealkylation sites (tertiary alicyclic amines) is 1. The second-order valence-corrected chi connectivity index (χ2v) is 4.76. The molecule has 0 aliphatic carbocycles. The molecular weight excluding hydrogens is 192 g/mol. The van der Waals surface area contributed by atoms with Gasteiger partial charge in [0.05, 0.1) is 11.6 Å². The topological polar surface area (TPSA) is 66.6 Å². The molecule has 1 heterocycles. The van der Waals surface area contributed by atoms with Gasteiger partial charge in [-0.2, -0.15) is 0 Å². The molecule has 1 rings (SSSR count). The van der Waals surface area contributed by atoms with Gasteiger partial charge >= 0.3 is 0 Å². The van der Waals surface area contributed by atoms with Crippen molar-refractivity contribution in [1.29, 1.82) is 0 Å². The molecule has 0 radical (unpaired) electrons. The lowest BCUT2D eigenvalue weighted by molar-refractivity contribution is -0.139. The number of amides is 1. The van der Waals surface area contributed by atoms with Gasteiger partial charge in [0.15, 0.2) is 0 Å². The minimum Gasteiger partial charge on any atom is -0.388 e. The summed E-state index contributed by atoms with van der Waals surface area (Å²) in [5.74, 6) is -0.0168. The van der Waals surface area contributed by atoms with Crippen LogP contribution in [0.15, 0.2) is 0 Å². The molecule has 1 saturated heterocycles. The van der Waals surface area contributed by atoms with Crippen LogP contribution in [0.1, 0.15) is 39.5 Å². The fourth-order valence-electron chi connectivity index (χ4n) is 2.08. The van der Waals surface area contributed by atoms with Crippen molar-refractivity contribution in [2.24, 2.45) is 5.73 Å². The van der Waals surface area contributed by atoms with E-state index in [9.17, 15) is 9.90 Å². The number of nitrogens with zero attached hydrogens (tertiary/aromatic N) is 1. The minimum absolute atomic E-state index is 0.0168. The van der Waals surface area contributed by atoms with Crippen LogP contribution >= 0.6 is 0 Å². The summed E-state index contributed by atoms with van der Waals surface area (Å²) in [6.07, 6.45) is 3.26. The number of aliphatic hydroxyl groups is 1. The summed E-state index contributed by atoms with van der Waals surface area (Å²) in [6, 6.07) is -0.399. The van der Waals surface area contributed by atoms with E-state index in [1.165, 1.54) is 0 Å². The van der Waals surface area contributed by atoms with Gasteiger partial charge in [-0.25, -0.2) is 0 Å². The van der Waals surface area contributed by atoms with Crippen molar-refractivity contribution in [2.45, 2.75) is 51.2 Å². The highest BCUT2D eigenvalue weighted by atomic mass is 16.3. The molecule has 2 atom stereocenters. The van der Waals surface area contributed by atoms with Crippen molar-refractivity contribution < 1.29 is 9.90 Å². The first kappa shape index (κ1) is 12.5. The van der Waals surface area contributed by atoms with E-state index in [-0.39, 0.29) is 5.91 Å². The summed E-state index contributed by atoms with van der Waals surface area (Å²) in [7, 11) is 0. The average molecular weight is 214 g/mol. The minimum atomic E-state index is -0.736. The van der Waals surface area contributed by atoms with Gasteiger partial charge in [0.25, 0.3) is 0 Å². The van der Waals surface area contributed by atoms with E-state index >= 15 is 0 Å². The van der Waals surface area contributed by atoms with Crippen LogP contribution < -0.4 is 5.73 Å². The molecule has 4 nitrogen and oxygen atoms in total. The fraction of sp³-hybridized carbons (Fsp3) is 0.909. The number of carbonyl (C=O) groups excluding carboxylic acids is 1. The first-order valence-corrected chi connectivity index (χ1v) is 5.73. The van der Waals surface area contributed by atoms with Gasteiger partial charge in [-0.15, -0.1) is 0 Å². The third-order valence-corrected chi connectivity index (χ3v) is 2.90. The monoisotopic (exact) mass is 214 g/mol. The molecule has 0 aromatic rings. The van der Waals surface area contributed by atoms with Crippen LogP contribution in [0.2, 0.25) is 0 Å². The summed E-state index contributed by atoms with van der Waals surface area (Å²) in [6.45, 7) is 4.94. The Morgan fingerprint density at radius 1 is 1.67 bits per heavy atom. The van der Waals surface area contributed by atoms with Crippen LogP contribution in [0.25, 0.3) is 0 Å². The van der Waals surface area contributed by atoms with Crippen molar-refractivity contribution in [1.82, 2.24) is 4.90 Å². The molecule has 88 valence electrons.